The zero-order chi connectivity index (χ0) is 10.8. The van der Waals surface area contributed by atoms with Gasteiger partial charge in [0.05, 0.1) is 5.41 Å². The molecule has 1 N–H and O–H groups in total. The van der Waals surface area contributed by atoms with Gasteiger partial charge in [-0.05, 0) is 26.3 Å². The molecule has 1 heterocycles. The molecule has 0 saturated carbocycles. The Morgan fingerprint density at radius 3 is 2.71 bits per heavy atom. The fourth-order valence-corrected chi connectivity index (χ4v) is 1.79. The van der Waals surface area contributed by atoms with Gasteiger partial charge in [0.2, 0.25) is 0 Å². The molecule has 1 atom stereocenters. The zero-order valence-corrected chi connectivity index (χ0v) is 9.05. The van der Waals surface area contributed by atoms with E-state index in [1.807, 2.05) is 6.92 Å². The highest BCUT2D eigenvalue weighted by Crippen LogP contribution is 2.30. The topological polar surface area (TPSA) is 40.5 Å². The fourth-order valence-electron chi connectivity index (χ4n) is 1.79. The van der Waals surface area contributed by atoms with Crippen LogP contribution in [0.25, 0.3) is 0 Å². The summed E-state index contributed by atoms with van der Waals surface area (Å²) in [6, 6.07) is 0. The van der Waals surface area contributed by atoms with Crippen LogP contribution in [0.3, 0.4) is 0 Å². The van der Waals surface area contributed by atoms with Crippen LogP contribution in [0.5, 0.6) is 0 Å². The smallest absolute Gasteiger partial charge is 0.310 e. The normalized spacial score (nSPS) is 27.9. The van der Waals surface area contributed by atoms with Gasteiger partial charge in [0, 0.05) is 13.1 Å². The number of carbonyl (C=O) groups is 1. The molecular formula is C11H19NO2. The van der Waals surface area contributed by atoms with Crippen molar-refractivity contribution in [2.45, 2.75) is 26.7 Å². The van der Waals surface area contributed by atoms with Gasteiger partial charge in [-0.1, -0.05) is 19.1 Å². The summed E-state index contributed by atoms with van der Waals surface area (Å²) >= 11 is 0. The van der Waals surface area contributed by atoms with E-state index in [4.69, 9.17) is 5.11 Å². The van der Waals surface area contributed by atoms with Crippen molar-refractivity contribution in [1.29, 1.82) is 0 Å². The lowest BCUT2D eigenvalue weighted by Crippen LogP contribution is -2.32. The molecule has 0 aromatic heterocycles. The van der Waals surface area contributed by atoms with Crippen molar-refractivity contribution in [1.82, 2.24) is 4.90 Å². The van der Waals surface area contributed by atoms with Crippen LogP contribution in [-0.4, -0.2) is 35.6 Å². The van der Waals surface area contributed by atoms with E-state index < -0.39 is 11.4 Å². The highest BCUT2D eigenvalue weighted by atomic mass is 16.4. The van der Waals surface area contributed by atoms with Gasteiger partial charge >= 0.3 is 5.97 Å². The van der Waals surface area contributed by atoms with Crippen molar-refractivity contribution in [3.8, 4) is 0 Å². The Bertz CT molecular complexity index is 250. The first-order valence-electron chi connectivity index (χ1n) is 5.10. The van der Waals surface area contributed by atoms with E-state index in [2.05, 4.69) is 18.4 Å². The summed E-state index contributed by atoms with van der Waals surface area (Å²) in [4.78, 5) is 13.2. The van der Waals surface area contributed by atoms with Crippen LogP contribution in [-0.2, 0) is 4.79 Å². The summed E-state index contributed by atoms with van der Waals surface area (Å²) in [5.41, 5.74) is 0.633. The first kappa shape index (κ1) is 11.2. The van der Waals surface area contributed by atoms with Crippen LogP contribution in [0.2, 0.25) is 0 Å². The van der Waals surface area contributed by atoms with E-state index in [0.29, 0.717) is 6.54 Å². The number of carboxylic acid groups (broad SMARTS) is 1. The molecule has 0 radical (unpaired) electrons. The molecule has 3 nitrogen and oxygen atoms in total. The van der Waals surface area contributed by atoms with Crippen molar-refractivity contribution in [3.05, 3.63) is 12.2 Å². The number of carboxylic acids is 1. The quantitative estimate of drug-likeness (QED) is 0.698. The molecule has 80 valence electrons. The molecular weight excluding hydrogens is 178 g/mol. The molecule has 3 heteroatoms. The van der Waals surface area contributed by atoms with Crippen molar-refractivity contribution in [2.24, 2.45) is 5.41 Å². The van der Waals surface area contributed by atoms with E-state index in [-0.39, 0.29) is 0 Å². The second kappa shape index (κ2) is 4.13. The second-order valence-corrected chi connectivity index (χ2v) is 4.43. The van der Waals surface area contributed by atoms with Crippen LogP contribution in [0.1, 0.15) is 26.7 Å². The summed E-state index contributed by atoms with van der Waals surface area (Å²) in [7, 11) is 0. The Hall–Kier alpha value is -0.830. The molecule has 1 rings (SSSR count). The van der Waals surface area contributed by atoms with E-state index in [1.165, 1.54) is 5.57 Å². The van der Waals surface area contributed by atoms with E-state index in [9.17, 15) is 4.79 Å². The molecule has 14 heavy (non-hydrogen) atoms. The summed E-state index contributed by atoms with van der Waals surface area (Å²) in [6.45, 7) is 10.2. The monoisotopic (exact) mass is 197 g/mol. The summed E-state index contributed by atoms with van der Waals surface area (Å²) < 4.78 is 0. The van der Waals surface area contributed by atoms with Gasteiger partial charge in [-0.25, -0.2) is 0 Å². The first-order valence-corrected chi connectivity index (χ1v) is 5.10. The maximum Gasteiger partial charge on any atom is 0.310 e. The minimum Gasteiger partial charge on any atom is -0.481 e. The van der Waals surface area contributed by atoms with Gasteiger partial charge < -0.3 is 5.11 Å². The third-order valence-electron chi connectivity index (χ3n) is 3.02. The molecule has 1 unspecified atom stereocenters. The molecule has 0 aromatic rings. The van der Waals surface area contributed by atoms with Crippen molar-refractivity contribution in [3.63, 3.8) is 0 Å². The molecule has 1 fully saturated rings. The van der Waals surface area contributed by atoms with Gasteiger partial charge in [0.25, 0.3) is 0 Å². The van der Waals surface area contributed by atoms with Crippen LogP contribution >= 0.6 is 0 Å². The highest BCUT2D eigenvalue weighted by Gasteiger charge is 2.40. The van der Waals surface area contributed by atoms with Crippen molar-refractivity contribution >= 4 is 5.97 Å². The van der Waals surface area contributed by atoms with Gasteiger partial charge in [-0.15, -0.1) is 0 Å². The van der Waals surface area contributed by atoms with Crippen LogP contribution < -0.4 is 0 Å². The number of nitrogens with zero attached hydrogens (tertiary/aromatic N) is 1. The van der Waals surface area contributed by atoms with Gasteiger partial charge in [0.1, 0.15) is 0 Å². The SMILES string of the molecule is C=C(CC)CN1CCC(C)(C(=O)O)C1. The van der Waals surface area contributed by atoms with Gasteiger partial charge in [-0.3, -0.25) is 9.69 Å². The minimum atomic E-state index is -0.679. The van der Waals surface area contributed by atoms with E-state index in [0.717, 1.165) is 25.9 Å². The molecule has 0 amide bonds. The molecule has 0 aliphatic carbocycles. The predicted molar refractivity (Wildman–Crippen MR) is 56.2 cm³/mol. The third kappa shape index (κ3) is 2.35. The Morgan fingerprint density at radius 1 is 1.64 bits per heavy atom. The number of aliphatic carboxylic acids is 1. The molecule has 0 aromatic carbocycles. The molecule has 1 aliphatic heterocycles. The standard InChI is InChI=1S/C11H19NO2/c1-4-9(2)7-12-6-5-11(3,8-12)10(13)14/h2,4-8H2,1,3H3,(H,13,14). The maximum absolute atomic E-state index is 11.0. The molecule has 0 spiro atoms. The van der Waals surface area contributed by atoms with Gasteiger partial charge in [0.15, 0.2) is 0 Å². The Balaban J connectivity index is 2.49. The third-order valence-corrected chi connectivity index (χ3v) is 3.02. The zero-order valence-electron chi connectivity index (χ0n) is 9.05. The predicted octanol–water partition coefficient (Wildman–Crippen LogP) is 1.75. The summed E-state index contributed by atoms with van der Waals surface area (Å²) in [5.74, 6) is -0.679. The lowest BCUT2D eigenvalue weighted by Gasteiger charge is -2.20. The molecule has 1 aliphatic rings. The summed E-state index contributed by atoms with van der Waals surface area (Å²) in [6.07, 6.45) is 1.72. The fraction of sp³-hybridized carbons (Fsp3) is 0.727. The van der Waals surface area contributed by atoms with Crippen molar-refractivity contribution in [2.75, 3.05) is 19.6 Å². The molecule has 1 saturated heterocycles. The Labute approximate surface area is 85.4 Å². The van der Waals surface area contributed by atoms with E-state index in [1.54, 1.807) is 0 Å². The van der Waals surface area contributed by atoms with Gasteiger partial charge in [-0.2, -0.15) is 0 Å². The lowest BCUT2D eigenvalue weighted by atomic mass is 9.90. The molecule has 0 bridgehead atoms. The average molecular weight is 197 g/mol. The number of likely N-dealkylation sites (tertiary alicyclic amines) is 1. The maximum atomic E-state index is 11.0. The van der Waals surface area contributed by atoms with Crippen LogP contribution in [0.15, 0.2) is 12.2 Å². The lowest BCUT2D eigenvalue weighted by molar-refractivity contribution is -0.147. The Kier molecular flexibility index (Phi) is 3.32. The van der Waals surface area contributed by atoms with Crippen LogP contribution in [0, 0.1) is 5.41 Å². The number of hydrogen-bond donors (Lipinski definition) is 1. The van der Waals surface area contributed by atoms with Crippen LogP contribution in [0.4, 0.5) is 0 Å². The first-order chi connectivity index (χ1) is 6.48. The second-order valence-electron chi connectivity index (χ2n) is 4.43. The van der Waals surface area contributed by atoms with Crippen molar-refractivity contribution < 1.29 is 9.90 Å². The van der Waals surface area contributed by atoms with E-state index >= 15 is 0 Å². The number of hydrogen-bond acceptors (Lipinski definition) is 2. The highest BCUT2D eigenvalue weighted by molar-refractivity contribution is 5.74. The largest absolute Gasteiger partial charge is 0.481 e. The Morgan fingerprint density at radius 2 is 2.29 bits per heavy atom. The summed E-state index contributed by atoms with van der Waals surface area (Å²) in [5, 5.41) is 9.03. The average Bonchev–Trinajstić information content (AvgIpc) is 2.49. The number of rotatable bonds is 4. The minimum absolute atomic E-state index is 0.548.